The Labute approximate surface area is 134 Å². The van der Waals surface area contributed by atoms with Gasteiger partial charge in [0.25, 0.3) is 0 Å². The summed E-state index contributed by atoms with van der Waals surface area (Å²) in [6, 6.07) is -0.827. The Balaban J connectivity index is 1.45. The minimum absolute atomic E-state index is 0.0857. The normalized spacial score (nSPS) is 23.3. The van der Waals surface area contributed by atoms with E-state index in [1.54, 1.807) is 0 Å². The van der Waals surface area contributed by atoms with Crippen LogP contribution in [0, 0.1) is 0 Å². The smallest absolute Gasteiger partial charge is 0.242 e. The third kappa shape index (κ3) is 5.51. The molecule has 0 aliphatic carbocycles. The van der Waals surface area contributed by atoms with Gasteiger partial charge in [-0.2, -0.15) is 0 Å². The molecule has 9 nitrogen and oxygen atoms in total. The first-order valence-corrected chi connectivity index (χ1v) is 7.91. The van der Waals surface area contributed by atoms with E-state index in [9.17, 15) is 19.2 Å². The zero-order valence-corrected chi connectivity index (χ0v) is 12.9. The SMILES string of the molecule is O=C1CC[C@@H](C(=O)NCCNCCNC(=O)[C@@H]2CCC(=O)N2)N1. The first-order chi connectivity index (χ1) is 11.1. The van der Waals surface area contributed by atoms with Gasteiger partial charge < -0.3 is 26.6 Å². The Hall–Kier alpha value is -2.16. The van der Waals surface area contributed by atoms with Crippen molar-refractivity contribution in [3.8, 4) is 0 Å². The van der Waals surface area contributed by atoms with Crippen LogP contribution in [-0.2, 0) is 19.2 Å². The van der Waals surface area contributed by atoms with Crippen molar-refractivity contribution in [2.24, 2.45) is 0 Å². The van der Waals surface area contributed by atoms with Gasteiger partial charge in [0.2, 0.25) is 23.6 Å². The van der Waals surface area contributed by atoms with E-state index in [0.717, 1.165) is 0 Å². The zero-order valence-electron chi connectivity index (χ0n) is 12.9. The Kier molecular flexibility index (Phi) is 6.33. The van der Waals surface area contributed by atoms with Crippen molar-refractivity contribution in [2.45, 2.75) is 37.8 Å². The summed E-state index contributed by atoms with van der Waals surface area (Å²) < 4.78 is 0. The summed E-state index contributed by atoms with van der Waals surface area (Å²) in [7, 11) is 0. The molecule has 2 fully saturated rings. The summed E-state index contributed by atoms with van der Waals surface area (Å²) in [4.78, 5) is 45.4. The average Bonchev–Trinajstić information content (AvgIpc) is 3.14. The molecule has 0 aromatic heterocycles. The standard InChI is InChI=1S/C14H23N5O4/c20-11-3-1-9(18-11)13(22)16-7-5-15-6-8-17-14(23)10-2-4-12(21)19-10/h9-10,15H,1-8H2,(H,16,22)(H,17,23)(H,18,20)(H,19,21)/t9-,10-/m0/s1. The van der Waals surface area contributed by atoms with Gasteiger partial charge in [0, 0.05) is 39.0 Å². The zero-order chi connectivity index (χ0) is 16.7. The highest BCUT2D eigenvalue weighted by Crippen LogP contribution is 2.06. The highest BCUT2D eigenvalue weighted by atomic mass is 16.2. The molecule has 2 aliphatic heterocycles. The second kappa shape index (κ2) is 8.47. The van der Waals surface area contributed by atoms with Gasteiger partial charge in [-0.3, -0.25) is 19.2 Å². The summed E-state index contributed by atoms with van der Waals surface area (Å²) >= 11 is 0. The molecule has 2 rings (SSSR count). The fourth-order valence-corrected chi connectivity index (χ4v) is 2.54. The first kappa shape index (κ1) is 17.2. The minimum Gasteiger partial charge on any atom is -0.353 e. The lowest BCUT2D eigenvalue weighted by Gasteiger charge is -2.12. The molecule has 4 amide bonds. The van der Waals surface area contributed by atoms with Crippen LogP contribution >= 0.6 is 0 Å². The monoisotopic (exact) mass is 325 g/mol. The molecule has 9 heteroatoms. The van der Waals surface area contributed by atoms with Crippen LogP contribution in [-0.4, -0.2) is 61.9 Å². The van der Waals surface area contributed by atoms with Gasteiger partial charge in [0.15, 0.2) is 0 Å². The predicted molar refractivity (Wildman–Crippen MR) is 81.2 cm³/mol. The summed E-state index contributed by atoms with van der Waals surface area (Å²) in [5.74, 6) is -0.499. The van der Waals surface area contributed by atoms with E-state index >= 15 is 0 Å². The molecule has 0 aromatic carbocycles. The van der Waals surface area contributed by atoms with E-state index in [0.29, 0.717) is 51.9 Å². The lowest BCUT2D eigenvalue weighted by Crippen LogP contribution is -2.45. The van der Waals surface area contributed by atoms with Crippen LogP contribution in [0.3, 0.4) is 0 Å². The predicted octanol–water partition coefficient (Wildman–Crippen LogP) is -2.63. The van der Waals surface area contributed by atoms with E-state index < -0.39 is 12.1 Å². The lowest BCUT2D eigenvalue weighted by atomic mass is 10.2. The van der Waals surface area contributed by atoms with Gasteiger partial charge in [-0.15, -0.1) is 0 Å². The Morgan fingerprint density at radius 2 is 1.26 bits per heavy atom. The fourth-order valence-electron chi connectivity index (χ4n) is 2.54. The average molecular weight is 325 g/mol. The number of hydrogen-bond donors (Lipinski definition) is 5. The van der Waals surface area contributed by atoms with Crippen LogP contribution < -0.4 is 26.6 Å². The number of nitrogens with one attached hydrogen (secondary N) is 5. The van der Waals surface area contributed by atoms with Crippen LogP contribution in [0.2, 0.25) is 0 Å². The summed E-state index contributed by atoms with van der Waals surface area (Å²) in [6.45, 7) is 2.06. The van der Waals surface area contributed by atoms with Gasteiger partial charge in [-0.1, -0.05) is 0 Å². The molecule has 0 aromatic rings. The third-order valence-electron chi connectivity index (χ3n) is 3.83. The molecular formula is C14H23N5O4. The molecule has 2 saturated heterocycles. The van der Waals surface area contributed by atoms with Crippen LogP contribution in [0.1, 0.15) is 25.7 Å². The lowest BCUT2D eigenvalue weighted by molar-refractivity contribution is -0.125. The van der Waals surface area contributed by atoms with Crippen LogP contribution in [0.4, 0.5) is 0 Å². The van der Waals surface area contributed by atoms with Gasteiger partial charge in [-0.25, -0.2) is 0 Å². The van der Waals surface area contributed by atoms with E-state index in [2.05, 4.69) is 26.6 Å². The molecule has 0 bridgehead atoms. The summed E-state index contributed by atoms with van der Waals surface area (Å²) in [6.07, 6.45) is 1.89. The Morgan fingerprint density at radius 1 is 0.826 bits per heavy atom. The number of rotatable bonds is 8. The highest BCUT2D eigenvalue weighted by Gasteiger charge is 2.27. The second-order valence-electron chi connectivity index (χ2n) is 5.65. The molecular weight excluding hydrogens is 302 g/mol. The van der Waals surface area contributed by atoms with Crippen LogP contribution in [0.25, 0.3) is 0 Å². The molecule has 0 unspecified atom stereocenters. The Bertz CT molecular complexity index is 440. The second-order valence-corrected chi connectivity index (χ2v) is 5.65. The molecule has 5 N–H and O–H groups in total. The van der Waals surface area contributed by atoms with Crippen molar-refractivity contribution in [1.82, 2.24) is 26.6 Å². The molecule has 0 saturated carbocycles. The topological polar surface area (TPSA) is 128 Å². The van der Waals surface area contributed by atoms with Crippen molar-refractivity contribution in [2.75, 3.05) is 26.2 Å². The van der Waals surface area contributed by atoms with Gasteiger partial charge in [0.05, 0.1) is 0 Å². The molecule has 23 heavy (non-hydrogen) atoms. The maximum absolute atomic E-state index is 11.7. The van der Waals surface area contributed by atoms with Gasteiger partial charge >= 0.3 is 0 Å². The Morgan fingerprint density at radius 3 is 1.61 bits per heavy atom. The quantitative estimate of drug-likeness (QED) is 0.312. The molecule has 2 heterocycles. The van der Waals surface area contributed by atoms with E-state index in [-0.39, 0.29) is 23.6 Å². The minimum atomic E-state index is -0.414. The van der Waals surface area contributed by atoms with Crippen molar-refractivity contribution < 1.29 is 19.2 Å². The number of hydrogen-bond acceptors (Lipinski definition) is 5. The maximum Gasteiger partial charge on any atom is 0.242 e. The summed E-state index contributed by atoms with van der Waals surface area (Å²) in [5, 5.41) is 13.8. The van der Waals surface area contributed by atoms with E-state index in [1.807, 2.05) is 0 Å². The van der Waals surface area contributed by atoms with Crippen molar-refractivity contribution in [3.63, 3.8) is 0 Å². The number of carbonyl (C=O) groups is 4. The molecule has 0 radical (unpaired) electrons. The van der Waals surface area contributed by atoms with Crippen molar-refractivity contribution in [1.29, 1.82) is 0 Å². The summed E-state index contributed by atoms with van der Waals surface area (Å²) in [5.41, 5.74) is 0. The van der Waals surface area contributed by atoms with Gasteiger partial charge in [0.1, 0.15) is 12.1 Å². The third-order valence-corrected chi connectivity index (χ3v) is 3.83. The number of carbonyl (C=O) groups excluding carboxylic acids is 4. The highest BCUT2D eigenvalue weighted by molar-refractivity contribution is 5.91. The van der Waals surface area contributed by atoms with Crippen LogP contribution in [0.5, 0.6) is 0 Å². The molecule has 2 aliphatic rings. The van der Waals surface area contributed by atoms with Crippen molar-refractivity contribution in [3.05, 3.63) is 0 Å². The molecule has 0 spiro atoms. The van der Waals surface area contributed by atoms with E-state index in [1.165, 1.54) is 0 Å². The number of amides is 4. The maximum atomic E-state index is 11.7. The van der Waals surface area contributed by atoms with Crippen molar-refractivity contribution >= 4 is 23.6 Å². The molecule has 128 valence electrons. The van der Waals surface area contributed by atoms with E-state index in [4.69, 9.17) is 0 Å². The largest absolute Gasteiger partial charge is 0.353 e. The van der Waals surface area contributed by atoms with Crippen LogP contribution in [0.15, 0.2) is 0 Å². The fraction of sp³-hybridized carbons (Fsp3) is 0.714. The first-order valence-electron chi connectivity index (χ1n) is 7.91. The molecule has 2 atom stereocenters. The van der Waals surface area contributed by atoms with Gasteiger partial charge in [-0.05, 0) is 12.8 Å².